The highest BCUT2D eigenvalue weighted by Gasteiger charge is 2.24. The first-order valence-electron chi connectivity index (χ1n) is 9.54. The normalized spacial score (nSPS) is 18.7. The van der Waals surface area contributed by atoms with Crippen LogP contribution in [0.4, 0.5) is 4.79 Å². The van der Waals surface area contributed by atoms with Crippen LogP contribution in [0.25, 0.3) is 0 Å². The molecule has 0 aliphatic heterocycles. The fraction of sp³-hybridized carbons (Fsp3) is 0.333. The summed E-state index contributed by atoms with van der Waals surface area (Å²) in [5.74, 6) is 0.549. The third-order valence-electron chi connectivity index (χ3n) is 4.94. The van der Waals surface area contributed by atoms with Crippen LogP contribution < -0.4 is 21.1 Å². The van der Waals surface area contributed by atoms with Crippen LogP contribution in [0.3, 0.4) is 0 Å². The Labute approximate surface area is 168 Å². The van der Waals surface area contributed by atoms with E-state index in [0.29, 0.717) is 49.3 Å². The molecule has 1 fully saturated rings. The number of hydrogen-bond acceptors (Lipinski definition) is 5. The number of nitrogens with one attached hydrogen (secondary N) is 2. The number of nitrogens with two attached hydrogens (primary N) is 1. The average Bonchev–Trinajstić information content (AvgIpc) is 2.69. The lowest BCUT2D eigenvalue weighted by Gasteiger charge is -2.29. The lowest BCUT2D eigenvalue weighted by Crippen LogP contribution is -2.43. The Balaban J connectivity index is 1.61. The molecule has 0 heterocycles. The van der Waals surface area contributed by atoms with Gasteiger partial charge in [-0.2, -0.15) is 0 Å². The van der Waals surface area contributed by atoms with Gasteiger partial charge in [-0.15, -0.1) is 0 Å². The molecule has 1 aliphatic rings. The average molecular weight is 399 g/mol. The molecule has 1 aliphatic carbocycles. The summed E-state index contributed by atoms with van der Waals surface area (Å²) in [7, 11) is 0. The van der Waals surface area contributed by atoms with Crippen molar-refractivity contribution in [3.8, 4) is 17.2 Å². The third kappa shape index (κ3) is 5.86. The predicted molar refractivity (Wildman–Crippen MR) is 107 cm³/mol. The molecule has 0 saturated heterocycles. The first-order chi connectivity index (χ1) is 13.9. The van der Waals surface area contributed by atoms with E-state index in [4.69, 9.17) is 15.6 Å². The summed E-state index contributed by atoms with van der Waals surface area (Å²) >= 11 is 0. The van der Waals surface area contributed by atoms with E-state index in [1.807, 2.05) is 12.1 Å². The molecule has 154 valence electrons. The van der Waals surface area contributed by atoms with Crippen LogP contribution in [-0.2, 0) is 6.54 Å². The van der Waals surface area contributed by atoms with E-state index in [1.54, 1.807) is 18.2 Å². The number of amides is 2. The smallest absolute Gasteiger partial charge is 0.404 e. The zero-order valence-corrected chi connectivity index (χ0v) is 15.9. The Kier molecular flexibility index (Phi) is 6.56. The van der Waals surface area contributed by atoms with Crippen molar-refractivity contribution < 1.29 is 24.5 Å². The minimum atomic E-state index is -1.03. The summed E-state index contributed by atoms with van der Waals surface area (Å²) in [6.45, 7) is 0.436. The van der Waals surface area contributed by atoms with Gasteiger partial charge >= 0.3 is 6.09 Å². The number of phenolic OH excluding ortho intramolecular Hbond substituents is 1. The molecule has 2 aromatic rings. The Hall–Kier alpha value is -3.26. The van der Waals surface area contributed by atoms with Crippen molar-refractivity contribution in [1.29, 1.82) is 0 Å². The zero-order chi connectivity index (χ0) is 20.8. The monoisotopic (exact) mass is 399 g/mol. The van der Waals surface area contributed by atoms with Crippen LogP contribution in [-0.4, -0.2) is 34.3 Å². The van der Waals surface area contributed by atoms with Gasteiger partial charge in [0.2, 0.25) is 0 Å². The van der Waals surface area contributed by atoms with Crippen LogP contribution in [0, 0.1) is 0 Å². The summed E-state index contributed by atoms with van der Waals surface area (Å²) in [4.78, 5) is 23.3. The van der Waals surface area contributed by atoms with Gasteiger partial charge in [0.05, 0.1) is 0 Å². The number of aromatic hydroxyl groups is 1. The molecular weight excluding hydrogens is 374 g/mol. The van der Waals surface area contributed by atoms with E-state index in [-0.39, 0.29) is 23.7 Å². The largest absolute Gasteiger partial charge is 0.508 e. The van der Waals surface area contributed by atoms with Gasteiger partial charge in [0.25, 0.3) is 5.91 Å². The fourth-order valence-corrected chi connectivity index (χ4v) is 3.43. The molecule has 2 amide bonds. The van der Waals surface area contributed by atoms with Crippen molar-refractivity contribution >= 4 is 12.0 Å². The van der Waals surface area contributed by atoms with E-state index in [0.717, 1.165) is 5.56 Å². The molecule has 8 heteroatoms. The van der Waals surface area contributed by atoms with Crippen molar-refractivity contribution in [3.05, 3.63) is 53.6 Å². The van der Waals surface area contributed by atoms with Crippen LogP contribution in [0.5, 0.6) is 17.2 Å². The number of phenols is 1. The molecule has 8 nitrogen and oxygen atoms in total. The van der Waals surface area contributed by atoms with Crippen molar-refractivity contribution in [2.45, 2.75) is 44.3 Å². The summed E-state index contributed by atoms with van der Waals surface area (Å²) < 4.78 is 5.75. The molecule has 1 saturated carbocycles. The Bertz CT molecular complexity index is 861. The van der Waals surface area contributed by atoms with Gasteiger partial charge in [0.1, 0.15) is 17.2 Å². The Morgan fingerprint density at radius 3 is 2.17 bits per heavy atom. The van der Waals surface area contributed by atoms with Gasteiger partial charge < -0.3 is 31.3 Å². The fourth-order valence-electron chi connectivity index (χ4n) is 3.43. The van der Waals surface area contributed by atoms with Gasteiger partial charge in [0.15, 0.2) is 0 Å². The lowest BCUT2D eigenvalue weighted by atomic mass is 9.91. The number of carbonyl (C=O) groups is 2. The zero-order valence-electron chi connectivity index (χ0n) is 15.9. The lowest BCUT2D eigenvalue weighted by molar-refractivity contribution is 0.0922. The minimum Gasteiger partial charge on any atom is -0.508 e. The molecule has 0 aromatic heterocycles. The molecule has 0 unspecified atom stereocenters. The van der Waals surface area contributed by atoms with Crippen LogP contribution in [0.2, 0.25) is 0 Å². The van der Waals surface area contributed by atoms with E-state index in [9.17, 15) is 14.7 Å². The highest BCUT2D eigenvalue weighted by molar-refractivity contribution is 5.95. The third-order valence-corrected chi connectivity index (χ3v) is 4.94. The Morgan fingerprint density at radius 1 is 0.966 bits per heavy atom. The molecule has 2 aromatic carbocycles. The standard InChI is InChI=1S/C21H25N3O5/c22-12-13-1-7-18(8-2-13)29-19-10-14(9-17(25)11-19)20(26)23-15-3-5-16(6-4-15)24-21(27)28/h1-2,7-11,15-16,24-25H,3-6,12,22H2,(H,23,26)(H,27,28). The number of benzene rings is 2. The van der Waals surface area contributed by atoms with Gasteiger partial charge in [-0.3, -0.25) is 4.79 Å². The SMILES string of the molecule is NCc1ccc(Oc2cc(O)cc(C(=O)NC3CCC(NC(=O)O)CC3)c2)cc1. The van der Waals surface area contributed by atoms with Crippen molar-refractivity contribution in [2.24, 2.45) is 5.73 Å². The molecule has 6 N–H and O–H groups in total. The van der Waals surface area contributed by atoms with E-state index < -0.39 is 6.09 Å². The second kappa shape index (κ2) is 9.29. The second-order valence-corrected chi connectivity index (χ2v) is 7.14. The topological polar surface area (TPSA) is 134 Å². The van der Waals surface area contributed by atoms with E-state index >= 15 is 0 Å². The van der Waals surface area contributed by atoms with Crippen molar-refractivity contribution in [1.82, 2.24) is 10.6 Å². The quantitative estimate of drug-likeness (QED) is 0.507. The highest BCUT2D eigenvalue weighted by Crippen LogP contribution is 2.27. The van der Waals surface area contributed by atoms with Crippen LogP contribution in [0.1, 0.15) is 41.6 Å². The summed E-state index contributed by atoms with van der Waals surface area (Å²) in [5, 5.41) is 24.2. The molecule has 0 atom stereocenters. The first kappa shape index (κ1) is 20.5. The minimum absolute atomic E-state index is 0.0372. The van der Waals surface area contributed by atoms with Gasteiger partial charge in [-0.25, -0.2) is 4.79 Å². The number of rotatable bonds is 6. The summed E-state index contributed by atoms with van der Waals surface area (Å²) in [6, 6.07) is 11.5. The first-order valence-corrected chi connectivity index (χ1v) is 9.54. The summed E-state index contributed by atoms with van der Waals surface area (Å²) in [5.41, 5.74) is 6.85. The number of carboxylic acid groups (broad SMARTS) is 1. The highest BCUT2D eigenvalue weighted by atomic mass is 16.5. The van der Waals surface area contributed by atoms with Crippen LogP contribution >= 0.6 is 0 Å². The molecule has 0 radical (unpaired) electrons. The maximum atomic E-state index is 12.6. The van der Waals surface area contributed by atoms with Crippen molar-refractivity contribution in [3.63, 3.8) is 0 Å². The Morgan fingerprint density at radius 2 is 1.59 bits per heavy atom. The van der Waals surface area contributed by atoms with Crippen molar-refractivity contribution in [2.75, 3.05) is 0 Å². The van der Waals surface area contributed by atoms with Crippen LogP contribution in [0.15, 0.2) is 42.5 Å². The number of ether oxygens (including phenoxy) is 1. The maximum absolute atomic E-state index is 12.6. The van der Waals surface area contributed by atoms with E-state index in [1.165, 1.54) is 12.1 Å². The molecule has 0 bridgehead atoms. The number of carbonyl (C=O) groups excluding carboxylic acids is 1. The molecule has 3 rings (SSSR count). The van der Waals surface area contributed by atoms with Gasteiger partial charge in [-0.1, -0.05) is 12.1 Å². The van der Waals surface area contributed by atoms with Gasteiger partial charge in [-0.05, 0) is 55.5 Å². The summed E-state index contributed by atoms with van der Waals surface area (Å²) in [6.07, 6.45) is 1.69. The number of hydrogen-bond donors (Lipinski definition) is 5. The van der Waals surface area contributed by atoms with E-state index in [2.05, 4.69) is 10.6 Å². The second-order valence-electron chi connectivity index (χ2n) is 7.14. The predicted octanol–water partition coefficient (Wildman–Crippen LogP) is 2.95. The molecular formula is C21H25N3O5. The molecule has 29 heavy (non-hydrogen) atoms. The maximum Gasteiger partial charge on any atom is 0.404 e. The molecule has 0 spiro atoms. The van der Waals surface area contributed by atoms with Gasteiger partial charge in [0, 0.05) is 30.3 Å².